The van der Waals surface area contributed by atoms with Crippen molar-refractivity contribution in [1.82, 2.24) is 0 Å². The molecule has 0 radical (unpaired) electrons. The van der Waals surface area contributed by atoms with Crippen LogP contribution >= 0.6 is 7.82 Å². The van der Waals surface area contributed by atoms with E-state index in [1.54, 1.807) is 24.3 Å². The summed E-state index contributed by atoms with van der Waals surface area (Å²) in [5.41, 5.74) is 6.71. The van der Waals surface area contributed by atoms with Gasteiger partial charge in [0.2, 0.25) is 0 Å². The van der Waals surface area contributed by atoms with Crippen LogP contribution in [0, 0.1) is 0 Å². The van der Waals surface area contributed by atoms with Crippen molar-refractivity contribution in [3.63, 3.8) is 0 Å². The molecule has 0 aliphatic carbocycles. The zero-order valence-electron chi connectivity index (χ0n) is 23.9. The lowest BCUT2D eigenvalue weighted by Gasteiger charge is -2.14. The van der Waals surface area contributed by atoms with Crippen molar-refractivity contribution in [1.29, 1.82) is 0 Å². The van der Waals surface area contributed by atoms with E-state index in [0.717, 1.165) is 24.2 Å². The van der Waals surface area contributed by atoms with Gasteiger partial charge in [-0.3, -0.25) is 18.6 Å². The summed E-state index contributed by atoms with van der Waals surface area (Å²) in [4.78, 5) is 32.8. The summed E-state index contributed by atoms with van der Waals surface area (Å²) in [6, 6.07) is 12.5. The van der Waals surface area contributed by atoms with Crippen LogP contribution < -0.4 is 15.2 Å². The quantitative estimate of drug-likeness (QED) is 0.0624. The van der Waals surface area contributed by atoms with E-state index in [9.17, 15) is 19.0 Å². The summed E-state index contributed by atoms with van der Waals surface area (Å²) in [5.74, 6) is -0.647. The number of carboxylic acids is 1. The van der Waals surface area contributed by atoms with Gasteiger partial charge in [-0.2, -0.15) is 0 Å². The largest absolute Gasteiger partial charge is 0.493 e. The first-order valence-corrected chi connectivity index (χ1v) is 15.8. The summed E-state index contributed by atoms with van der Waals surface area (Å²) in [5, 5.41) is 8.70. The molecule has 2 atom stereocenters. The van der Waals surface area contributed by atoms with Crippen molar-refractivity contribution in [2.24, 2.45) is 5.73 Å². The SMILES string of the molecule is CCCCCCCCCCCOc1ccccc1CCC(=O)Oc1ccc(COP(=O)(O)OC[C@H](N)C(=O)O)cc1. The second-order valence-corrected chi connectivity index (χ2v) is 11.3. The summed E-state index contributed by atoms with van der Waals surface area (Å²) >= 11 is 0. The van der Waals surface area contributed by atoms with E-state index in [1.165, 1.54) is 44.9 Å². The fraction of sp³-hybridized carbons (Fsp3) is 0.533. The number of esters is 1. The highest BCUT2D eigenvalue weighted by atomic mass is 31.2. The molecule has 1 unspecified atom stereocenters. The normalized spacial score (nSPS) is 13.3. The summed E-state index contributed by atoms with van der Waals surface area (Å²) < 4.78 is 32.7. The van der Waals surface area contributed by atoms with E-state index in [2.05, 4.69) is 11.4 Å². The molecule has 0 aliphatic rings. The summed E-state index contributed by atoms with van der Waals surface area (Å²) in [7, 11) is -4.49. The minimum Gasteiger partial charge on any atom is -0.493 e. The van der Waals surface area contributed by atoms with Gasteiger partial charge >= 0.3 is 19.8 Å². The van der Waals surface area contributed by atoms with Crippen LogP contribution in [0.2, 0.25) is 0 Å². The average molecular weight is 594 g/mol. The van der Waals surface area contributed by atoms with Gasteiger partial charge < -0.3 is 25.2 Å². The number of carbonyl (C=O) groups is 2. The topological polar surface area (TPSA) is 155 Å². The Bertz CT molecular complexity index is 1090. The molecule has 0 heterocycles. The molecule has 0 amide bonds. The lowest BCUT2D eigenvalue weighted by atomic mass is 10.1. The average Bonchev–Trinajstić information content (AvgIpc) is 2.96. The molecule has 0 saturated carbocycles. The third-order valence-corrected chi connectivity index (χ3v) is 7.29. The molecule has 228 valence electrons. The zero-order chi connectivity index (χ0) is 29.9. The molecule has 10 nitrogen and oxygen atoms in total. The number of aliphatic carboxylic acids is 1. The molecule has 2 rings (SSSR count). The highest BCUT2D eigenvalue weighted by Crippen LogP contribution is 2.44. The minimum atomic E-state index is -4.49. The van der Waals surface area contributed by atoms with Crippen LogP contribution in [0.5, 0.6) is 11.5 Å². The van der Waals surface area contributed by atoms with Gasteiger partial charge in [-0.25, -0.2) is 4.57 Å². The Morgan fingerprint density at radius 3 is 2.20 bits per heavy atom. The molecule has 0 fully saturated rings. The molecule has 0 aromatic heterocycles. The molecular formula is C30H44NO9P. The van der Waals surface area contributed by atoms with Crippen molar-refractivity contribution in [2.75, 3.05) is 13.2 Å². The number of para-hydroxylation sites is 1. The molecule has 2 aromatic carbocycles. The number of unbranched alkanes of at least 4 members (excludes halogenated alkanes) is 8. The van der Waals surface area contributed by atoms with Gasteiger partial charge in [-0.05, 0) is 42.2 Å². The number of benzene rings is 2. The minimum absolute atomic E-state index is 0.173. The maximum Gasteiger partial charge on any atom is 0.472 e. The van der Waals surface area contributed by atoms with E-state index in [-0.39, 0.29) is 13.0 Å². The monoisotopic (exact) mass is 593 g/mol. The number of ether oxygens (including phenoxy) is 2. The zero-order valence-corrected chi connectivity index (χ0v) is 24.8. The molecule has 0 saturated heterocycles. The van der Waals surface area contributed by atoms with E-state index < -0.39 is 32.4 Å². The van der Waals surface area contributed by atoms with Crippen LogP contribution in [0.15, 0.2) is 48.5 Å². The molecule has 4 N–H and O–H groups in total. The van der Waals surface area contributed by atoms with E-state index >= 15 is 0 Å². The first-order valence-electron chi connectivity index (χ1n) is 14.3. The third kappa shape index (κ3) is 15.2. The number of hydrogen-bond donors (Lipinski definition) is 3. The first-order chi connectivity index (χ1) is 19.7. The van der Waals surface area contributed by atoms with Gasteiger partial charge in [0.25, 0.3) is 0 Å². The van der Waals surface area contributed by atoms with Crippen LogP contribution in [0.4, 0.5) is 0 Å². The standard InChI is InChI=1S/C30H44NO9P/c1-2-3-4-5-6-7-8-9-12-21-37-28-14-11-10-13-25(28)17-20-29(32)40-26-18-15-24(16-19-26)22-38-41(35,36)39-23-27(31)30(33)34/h10-11,13-16,18-19,27H,2-9,12,17,20-23,31H2,1H3,(H,33,34)(H,35,36)/t27-/m0/s1. The first kappa shape index (κ1) is 34.5. The predicted molar refractivity (Wildman–Crippen MR) is 156 cm³/mol. The summed E-state index contributed by atoms with van der Waals surface area (Å²) in [6.07, 6.45) is 11.9. The number of rotatable bonds is 22. The van der Waals surface area contributed by atoms with Crippen molar-refractivity contribution in [3.05, 3.63) is 59.7 Å². The molecule has 41 heavy (non-hydrogen) atoms. The van der Waals surface area contributed by atoms with Crippen LogP contribution in [0.3, 0.4) is 0 Å². The number of phosphoric acid groups is 1. The van der Waals surface area contributed by atoms with Crippen LogP contribution in [-0.2, 0) is 36.2 Å². The maximum atomic E-state index is 12.4. The highest BCUT2D eigenvalue weighted by molar-refractivity contribution is 7.47. The fourth-order valence-corrected chi connectivity index (χ4v) is 4.69. The Balaban J connectivity index is 1.69. The summed E-state index contributed by atoms with van der Waals surface area (Å²) in [6.45, 7) is 1.94. The van der Waals surface area contributed by atoms with Crippen LogP contribution in [-0.4, -0.2) is 41.2 Å². The van der Waals surface area contributed by atoms with Crippen LogP contribution in [0.25, 0.3) is 0 Å². The Morgan fingerprint density at radius 1 is 0.902 bits per heavy atom. The van der Waals surface area contributed by atoms with Gasteiger partial charge in [0.05, 0.1) is 26.2 Å². The third-order valence-electron chi connectivity index (χ3n) is 6.36. The molecule has 2 aromatic rings. The second kappa shape index (κ2) is 19.4. The molecule has 0 spiro atoms. The molecular weight excluding hydrogens is 549 g/mol. The van der Waals surface area contributed by atoms with Gasteiger partial charge in [0.1, 0.15) is 17.5 Å². The van der Waals surface area contributed by atoms with Crippen molar-refractivity contribution in [3.8, 4) is 11.5 Å². The second-order valence-electron chi connectivity index (χ2n) is 9.89. The smallest absolute Gasteiger partial charge is 0.472 e. The number of nitrogens with two attached hydrogens (primary N) is 1. The Hall–Kier alpha value is -2.75. The number of phosphoric ester groups is 1. The molecule has 0 bridgehead atoms. The Kier molecular flexibility index (Phi) is 16.3. The van der Waals surface area contributed by atoms with Crippen molar-refractivity contribution >= 4 is 19.8 Å². The van der Waals surface area contributed by atoms with Gasteiger partial charge in [0.15, 0.2) is 0 Å². The predicted octanol–water partition coefficient (Wildman–Crippen LogP) is 6.18. The van der Waals surface area contributed by atoms with E-state index in [0.29, 0.717) is 24.3 Å². The van der Waals surface area contributed by atoms with E-state index in [4.69, 9.17) is 24.8 Å². The van der Waals surface area contributed by atoms with Gasteiger partial charge in [0, 0.05) is 0 Å². The number of carbonyl (C=O) groups excluding carboxylic acids is 1. The van der Waals surface area contributed by atoms with Gasteiger partial charge in [-0.1, -0.05) is 88.6 Å². The maximum absolute atomic E-state index is 12.4. The van der Waals surface area contributed by atoms with E-state index in [1.807, 2.05) is 24.3 Å². The Labute approximate surface area is 242 Å². The lowest BCUT2D eigenvalue weighted by Crippen LogP contribution is -2.34. The lowest BCUT2D eigenvalue weighted by molar-refractivity contribution is -0.139. The number of carboxylic acid groups (broad SMARTS) is 1. The number of aryl methyl sites for hydroxylation is 1. The number of hydrogen-bond acceptors (Lipinski definition) is 8. The molecule has 0 aliphatic heterocycles. The van der Waals surface area contributed by atoms with Crippen molar-refractivity contribution < 1.29 is 42.7 Å². The highest BCUT2D eigenvalue weighted by Gasteiger charge is 2.24. The van der Waals surface area contributed by atoms with Crippen LogP contribution in [0.1, 0.15) is 82.3 Å². The molecule has 11 heteroatoms. The van der Waals surface area contributed by atoms with Crippen molar-refractivity contribution in [2.45, 2.75) is 90.2 Å². The fourth-order valence-electron chi connectivity index (χ4n) is 3.96. The van der Waals surface area contributed by atoms with Gasteiger partial charge in [-0.15, -0.1) is 0 Å². The Morgan fingerprint density at radius 2 is 1.54 bits per heavy atom.